The normalized spacial score (nSPS) is 14.9. The summed E-state index contributed by atoms with van der Waals surface area (Å²) >= 11 is 0. The molecule has 1 N–H and O–H groups in total. The molecule has 1 aliphatic rings. The fraction of sp³-hybridized carbons (Fsp3) is 0.600. The molecule has 8 nitrogen and oxygen atoms in total. The van der Waals surface area contributed by atoms with Crippen molar-refractivity contribution in [2.24, 2.45) is 11.8 Å². The predicted molar refractivity (Wildman–Crippen MR) is 107 cm³/mol. The molecule has 1 aromatic rings. The van der Waals surface area contributed by atoms with E-state index in [9.17, 15) is 19.7 Å². The van der Waals surface area contributed by atoms with Crippen LogP contribution in [0.1, 0.15) is 50.4 Å². The molecule has 154 valence electrons. The van der Waals surface area contributed by atoms with Gasteiger partial charge in [-0.25, -0.2) is 0 Å². The van der Waals surface area contributed by atoms with Crippen molar-refractivity contribution in [2.75, 3.05) is 31.1 Å². The number of carboxylic acid groups (broad SMARTS) is 1. The largest absolute Gasteiger partial charge is 0.481 e. The van der Waals surface area contributed by atoms with Crippen molar-refractivity contribution in [3.05, 3.63) is 33.9 Å². The maximum atomic E-state index is 12.9. The summed E-state index contributed by atoms with van der Waals surface area (Å²) in [4.78, 5) is 38.5. The Morgan fingerprint density at radius 1 is 1.32 bits per heavy atom. The Morgan fingerprint density at radius 2 is 1.96 bits per heavy atom. The van der Waals surface area contributed by atoms with Gasteiger partial charge in [-0.05, 0) is 36.8 Å². The number of rotatable bonds is 8. The molecule has 1 aliphatic heterocycles. The number of aliphatic carboxylic acids is 1. The van der Waals surface area contributed by atoms with Gasteiger partial charge in [0.2, 0.25) is 0 Å². The van der Waals surface area contributed by atoms with Gasteiger partial charge < -0.3 is 14.9 Å². The zero-order valence-corrected chi connectivity index (χ0v) is 16.8. The van der Waals surface area contributed by atoms with Crippen LogP contribution in [0.25, 0.3) is 0 Å². The second kappa shape index (κ2) is 9.52. The molecule has 2 rings (SSSR count). The van der Waals surface area contributed by atoms with Gasteiger partial charge in [0.1, 0.15) is 5.69 Å². The zero-order valence-electron chi connectivity index (χ0n) is 16.8. The summed E-state index contributed by atoms with van der Waals surface area (Å²) in [7, 11) is 0. The minimum Gasteiger partial charge on any atom is -0.481 e. The Labute approximate surface area is 165 Å². The maximum absolute atomic E-state index is 12.9. The second-order valence-corrected chi connectivity index (χ2v) is 7.92. The molecule has 0 bridgehead atoms. The Bertz CT molecular complexity index is 727. The van der Waals surface area contributed by atoms with Gasteiger partial charge in [0.05, 0.1) is 11.3 Å². The highest BCUT2D eigenvalue weighted by molar-refractivity contribution is 5.96. The van der Waals surface area contributed by atoms with Crippen molar-refractivity contribution in [1.82, 2.24) is 4.90 Å². The lowest BCUT2D eigenvalue weighted by atomic mass is 9.98. The van der Waals surface area contributed by atoms with Crippen molar-refractivity contribution in [2.45, 2.75) is 40.0 Å². The summed E-state index contributed by atoms with van der Waals surface area (Å²) in [6.45, 7) is 8.03. The predicted octanol–water partition coefficient (Wildman–Crippen LogP) is 3.40. The molecule has 0 unspecified atom stereocenters. The van der Waals surface area contributed by atoms with Gasteiger partial charge in [0.15, 0.2) is 0 Å². The van der Waals surface area contributed by atoms with E-state index in [1.807, 2.05) is 18.7 Å². The third kappa shape index (κ3) is 5.68. The third-order valence-electron chi connectivity index (χ3n) is 5.01. The van der Waals surface area contributed by atoms with Crippen molar-refractivity contribution >= 4 is 23.3 Å². The van der Waals surface area contributed by atoms with Gasteiger partial charge in [-0.3, -0.25) is 19.7 Å². The first-order chi connectivity index (χ1) is 13.2. The molecule has 0 saturated carbocycles. The summed E-state index contributed by atoms with van der Waals surface area (Å²) in [5.74, 6) is -0.601. The van der Waals surface area contributed by atoms with E-state index in [0.29, 0.717) is 18.2 Å². The lowest BCUT2D eigenvalue weighted by Gasteiger charge is -2.32. The van der Waals surface area contributed by atoms with Crippen LogP contribution in [0.3, 0.4) is 0 Å². The van der Waals surface area contributed by atoms with Crippen LogP contribution >= 0.6 is 0 Å². The van der Waals surface area contributed by atoms with E-state index in [1.165, 1.54) is 11.0 Å². The summed E-state index contributed by atoms with van der Waals surface area (Å²) < 4.78 is 0. The zero-order chi connectivity index (χ0) is 20.8. The monoisotopic (exact) mass is 391 g/mol. The lowest BCUT2D eigenvalue weighted by Crippen LogP contribution is -2.36. The van der Waals surface area contributed by atoms with Crippen LogP contribution in [0.2, 0.25) is 0 Å². The first-order valence-corrected chi connectivity index (χ1v) is 9.73. The van der Waals surface area contributed by atoms with Crippen LogP contribution in [0, 0.1) is 22.0 Å². The number of amides is 1. The number of nitrogens with zero attached hydrogens (tertiary/aromatic N) is 3. The highest BCUT2D eigenvalue weighted by Crippen LogP contribution is 2.32. The Kier molecular flexibility index (Phi) is 7.37. The maximum Gasteiger partial charge on any atom is 0.305 e. The van der Waals surface area contributed by atoms with E-state index < -0.39 is 10.9 Å². The average molecular weight is 391 g/mol. The molecule has 0 aliphatic carbocycles. The van der Waals surface area contributed by atoms with E-state index in [0.717, 1.165) is 25.9 Å². The fourth-order valence-electron chi connectivity index (χ4n) is 3.45. The first-order valence-electron chi connectivity index (χ1n) is 9.73. The van der Waals surface area contributed by atoms with Crippen LogP contribution in [0.4, 0.5) is 11.4 Å². The fourth-order valence-corrected chi connectivity index (χ4v) is 3.45. The SMILES string of the molecule is CC(C)CN(CCC(=O)O)C(=O)c1ccc(N2CCC(C)CC2)c([N+](=O)[O-])c1. The summed E-state index contributed by atoms with van der Waals surface area (Å²) in [5.41, 5.74) is 0.671. The van der Waals surface area contributed by atoms with Gasteiger partial charge in [-0.1, -0.05) is 20.8 Å². The molecule has 1 fully saturated rings. The number of carbonyl (C=O) groups excluding carboxylic acids is 1. The molecule has 0 atom stereocenters. The number of anilines is 1. The Balaban J connectivity index is 2.28. The highest BCUT2D eigenvalue weighted by Gasteiger charge is 2.26. The number of carboxylic acids is 1. The molecule has 1 amide bonds. The molecule has 1 saturated heterocycles. The molecule has 0 spiro atoms. The number of carbonyl (C=O) groups is 2. The molecule has 28 heavy (non-hydrogen) atoms. The van der Waals surface area contributed by atoms with E-state index in [4.69, 9.17) is 5.11 Å². The first kappa shape index (κ1) is 21.7. The topological polar surface area (TPSA) is 104 Å². The number of hydrogen-bond donors (Lipinski definition) is 1. The van der Waals surface area contributed by atoms with E-state index >= 15 is 0 Å². The molecule has 8 heteroatoms. The van der Waals surface area contributed by atoms with Crippen molar-refractivity contribution in [1.29, 1.82) is 0 Å². The number of benzene rings is 1. The number of hydrogen-bond acceptors (Lipinski definition) is 5. The minimum absolute atomic E-state index is 0.0753. The molecule has 1 aromatic carbocycles. The molecule has 0 radical (unpaired) electrons. The molecule has 0 aromatic heterocycles. The lowest BCUT2D eigenvalue weighted by molar-refractivity contribution is -0.384. The summed E-state index contributed by atoms with van der Waals surface area (Å²) in [6.07, 6.45) is 1.80. The Morgan fingerprint density at radius 3 is 2.50 bits per heavy atom. The van der Waals surface area contributed by atoms with Gasteiger partial charge in [0, 0.05) is 37.8 Å². The third-order valence-corrected chi connectivity index (χ3v) is 5.01. The highest BCUT2D eigenvalue weighted by atomic mass is 16.6. The smallest absolute Gasteiger partial charge is 0.305 e. The average Bonchev–Trinajstić information content (AvgIpc) is 2.64. The van der Waals surface area contributed by atoms with Gasteiger partial charge >= 0.3 is 5.97 Å². The summed E-state index contributed by atoms with van der Waals surface area (Å²) in [6, 6.07) is 4.58. The molecule has 1 heterocycles. The standard InChI is InChI=1S/C20H29N3O5/c1-14(2)13-22(11-8-19(24)25)20(26)16-4-5-17(18(12-16)23(27)28)21-9-6-15(3)7-10-21/h4-5,12,14-15H,6-11,13H2,1-3H3,(H,24,25). The number of nitro benzene ring substituents is 1. The summed E-state index contributed by atoms with van der Waals surface area (Å²) in [5, 5.41) is 20.6. The number of nitro groups is 1. The quantitative estimate of drug-likeness (QED) is 0.538. The molecular weight excluding hydrogens is 362 g/mol. The number of piperidine rings is 1. The van der Waals surface area contributed by atoms with Crippen molar-refractivity contribution in [3.63, 3.8) is 0 Å². The van der Waals surface area contributed by atoms with Crippen LogP contribution < -0.4 is 4.90 Å². The van der Waals surface area contributed by atoms with E-state index in [1.54, 1.807) is 12.1 Å². The van der Waals surface area contributed by atoms with E-state index in [2.05, 4.69) is 6.92 Å². The second-order valence-electron chi connectivity index (χ2n) is 7.92. The van der Waals surface area contributed by atoms with Crippen LogP contribution in [-0.2, 0) is 4.79 Å². The van der Waals surface area contributed by atoms with Crippen molar-refractivity contribution < 1.29 is 19.6 Å². The Hall–Kier alpha value is -2.64. The van der Waals surface area contributed by atoms with Gasteiger partial charge in [0.25, 0.3) is 11.6 Å². The van der Waals surface area contributed by atoms with Crippen LogP contribution in [-0.4, -0.2) is 53.0 Å². The molecular formula is C20H29N3O5. The van der Waals surface area contributed by atoms with Crippen LogP contribution in [0.15, 0.2) is 18.2 Å². The van der Waals surface area contributed by atoms with Crippen LogP contribution in [0.5, 0.6) is 0 Å². The van der Waals surface area contributed by atoms with Gasteiger partial charge in [-0.2, -0.15) is 0 Å². The van der Waals surface area contributed by atoms with E-state index in [-0.39, 0.29) is 36.0 Å². The van der Waals surface area contributed by atoms with Crippen molar-refractivity contribution in [3.8, 4) is 0 Å². The van der Waals surface area contributed by atoms with Gasteiger partial charge in [-0.15, -0.1) is 0 Å². The minimum atomic E-state index is -0.984.